The molecular formula is C18H21ClN2O3. The molecule has 0 radical (unpaired) electrons. The van der Waals surface area contributed by atoms with E-state index in [-0.39, 0.29) is 12.4 Å². The Morgan fingerprint density at radius 1 is 1.38 bits per heavy atom. The Morgan fingerprint density at radius 2 is 2.17 bits per heavy atom. The van der Waals surface area contributed by atoms with Gasteiger partial charge in [-0.3, -0.25) is 9.69 Å². The lowest BCUT2D eigenvalue weighted by Crippen LogP contribution is -2.32. The molecule has 0 aliphatic carbocycles. The second-order valence-electron chi connectivity index (χ2n) is 5.73. The number of pyridine rings is 1. The van der Waals surface area contributed by atoms with Gasteiger partial charge in [0.1, 0.15) is 23.6 Å². The highest BCUT2D eigenvalue weighted by Gasteiger charge is 2.10. The van der Waals surface area contributed by atoms with E-state index in [1.807, 2.05) is 18.0 Å². The fourth-order valence-corrected chi connectivity index (χ4v) is 2.40. The molecule has 0 saturated carbocycles. The Kier molecular flexibility index (Phi) is 6.73. The van der Waals surface area contributed by atoms with Crippen molar-refractivity contribution in [1.29, 1.82) is 0 Å². The number of halogens is 1. The summed E-state index contributed by atoms with van der Waals surface area (Å²) in [5.41, 5.74) is 1.61. The summed E-state index contributed by atoms with van der Waals surface area (Å²) in [7, 11) is 1.91. The van der Waals surface area contributed by atoms with Crippen LogP contribution in [-0.4, -0.2) is 47.1 Å². The molecular weight excluding hydrogens is 328 g/mol. The van der Waals surface area contributed by atoms with Gasteiger partial charge in [0.25, 0.3) is 0 Å². The van der Waals surface area contributed by atoms with Crippen molar-refractivity contribution in [3.05, 3.63) is 58.9 Å². The lowest BCUT2D eigenvalue weighted by atomic mass is 10.1. The molecule has 0 saturated heterocycles. The molecule has 0 amide bonds. The molecule has 0 aliphatic rings. The van der Waals surface area contributed by atoms with Crippen molar-refractivity contribution in [3.8, 4) is 5.75 Å². The Labute approximate surface area is 146 Å². The van der Waals surface area contributed by atoms with Crippen molar-refractivity contribution in [3.63, 3.8) is 0 Å². The number of likely N-dealkylation sites (N-methyl/N-ethyl adjacent to an activating group) is 1. The van der Waals surface area contributed by atoms with Crippen LogP contribution in [0.25, 0.3) is 0 Å². The predicted octanol–water partition coefficient (Wildman–Crippen LogP) is 2.81. The number of rotatable bonds is 8. The highest BCUT2D eigenvalue weighted by atomic mass is 35.5. The number of aliphatic hydroxyl groups is 1. The van der Waals surface area contributed by atoms with Crippen molar-refractivity contribution in [2.45, 2.75) is 19.6 Å². The zero-order valence-corrected chi connectivity index (χ0v) is 14.5. The van der Waals surface area contributed by atoms with Gasteiger partial charge in [-0.1, -0.05) is 29.8 Å². The highest BCUT2D eigenvalue weighted by molar-refractivity contribution is 6.29. The quantitative estimate of drug-likeness (QED) is 0.587. The van der Waals surface area contributed by atoms with Gasteiger partial charge < -0.3 is 9.84 Å². The number of carbonyl (C=O) groups is 1. The highest BCUT2D eigenvalue weighted by Crippen LogP contribution is 2.14. The summed E-state index contributed by atoms with van der Waals surface area (Å²) >= 11 is 5.76. The molecule has 5 nitrogen and oxygen atoms in total. The second-order valence-corrected chi connectivity index (χ2v) is 6.12. The van der Waals surface area contributed by atoms with Gasteiger partial charge in [-0.2, -0.15) is 0 Å². The minimum atomic E-state index is -0.642. The van der Waals surface area contributed by atoms with E-state index in [2.05, 4.69) is 4.98 Å². The summed E-state index contributed by atoms with van der Waals surface area (Å²) in [6.07, 6.45) is 1.07. The molecule has 0 bridgehead atoms. The first-order valence-electron chi connectivity index (χ1n) is 7.65. The zero-order chi connectivity index (χ0) is 17.5. The van der Waals surface area contributed by atoms with E-state index in [1.54, 1.807) is 36.5 Å². The monoisotopic (exact) mass is 348 g/mol. The van der Waals surface area contributed by atoms with E-state index in [0.717, 1.165) is 5.56 Å². The lowest BCUT2D eigenvalue weighted by Gasteiger charge is -2.20. The zero-order valence-electron chi connectivity index (χ0n) is 13.8. The van der Waals surface area contributed by atoms with Crippen molar-refractivity contribution in [1.82, 2.24) is 9.88 Å². The summed E-state index contributed by atoms with van der Waals surface area (Å²) in [5.74, 6) is 0.559. The molecule has 6 heteroatoms. The van der Waals surface area contributed by atoms with Crippen molar-refractivity contribution < 1.29 is 14.6 Å². The SMILES string of the molecule is CC(=O)c1cccc(OCC(O)CN(C)Cc2ccc(Cl)nc2)c1. The van der Waals surface area contributed by atoms with Crippen molar-refractivity contribution in [2.24, 2.45) is 0 Å². The summed E-state index contributed by atoms with van der Waals surface area (Å²) < 4.78 is 5.57. The number of benzene rings is 1. The van der Waals surface area contributed by atoms with Gasteiger partial charge >= 0.3 is 0 Å². The molecule has 2 aromatic rings. The normalized spacial score (nSPS) is 12.2. The first-order chi connectivity index (χ1) is 11.4. The van der Waals surface area contributed by atoms with E-state index in [1.165, 1.54) is 6.92 Å². The van der Waals surface area contributed by atoms with Crippen LogP contribution in [0.2, 0.25) is 5.15 Å². The van der Waals surface area contributed by atoms with Gasteiger partial charge in [-0.05, 0) is 37.7 Å². The average Bonchev–Trinajstić information content (AvgIpc) is 2.55. The maximum Gasteiger partial charge on any atom is 0.159 e. The van der Waals surface area contributed by atoms with Gasteiger partial charge in [0.15, 0.2) is 5.78 Å². The number of Topliss-reactive ketones (excluding diaryl/α,β-unsaturated/α-hetero) is 1. The molecule has 2 rings (SSSR count). The van der Waals surface area contributed by atoms with Gasteiger partial charge in [0.05, 0.1) is 0 Å². The fourth-order valence-electron chi connectivity index (χ4n) is 2.29. The molecule has 1 N–H and O–H groups in total. The Balaban J connectivity index is 1.80. The second kappa shape index (κ2) is 8.78. The predicted molar refractivity (Wildman–Crippen MR) is 93.5 cm³/mol. The minimum absolute atomic E-state index is 0.0164. The largest absolute Gasteiger partial charge is 0.491 e. The first-order valence-corrected chi connectivity index (χ1v) is 8.02. The van der Waals surface area contributed by atoms with Crippen LogP contribution in [-0.2, 0) is 6.54 Å². The van der Waals surface area contributed by atoms with Crippen LogP contribution >= 0.6 is 11.6 Å². The van der Waals surface area contributed by atoms with E-state index in [9.17, 15) is 9.90 Å². The van der Waals surface area contributed by atoms with Gasteiger partial charge in [-0.25, -0.2) is 4.98 Å². The average molecular weight is 349 g/mol. The maximum absolute atomic E-state index is 11.4. The fraction of sp³-hybridized carbons (Fsp3) is 0.333. The number of nitrogens with zero attached hydrogens (tertiary/aromatic N) is 2. The summed E-state index contributed by atoms with van der Waals surface area (Å²) in [6.45, 7) is 2.77. The summed E-state index contributed by atoms with van der Waals surface area (Å²) in [4.78, 5) is 17.4. The van der Waals surface area contributed by atoms with Crippen LogP contribution in [0.15, 0.2) is 42.6 Å². The van der Waals surface area contributed by atoms with Crippen LogP contribution in [0.5, 0.6) is 5.75 Å². The van der Waals surface area contributed by atoms with Crippen LogP contribution in [0.3, 0.4) is 0 Å². The van der Waals surface area contributed by atoms with Gasteiger partial charge in [-0.15, -0.1) is 0 Å². The van der Waals surface area contributed by atoms with E-state index in [0.29, 0.717) is 29.6 Å². The van der Waals surface area contributed by atoms with Crippen molar-refractivity contribution >= 4 is 17.4 Å². The molecule has 24 heavy (non-hydrogen) atoms. The number of ketones is 1. The van der Waals surface area contributed by atoms with Crippen LogP contribution in [0.4, 0.5) is 0 Å². The van der Waals surface area contributed by atoms with E-state index in [4.69, 9.17) is 16.3 Å². The Hall–Kier alpha value is -1.95. The molecule has 1 aromatic carbocycles. The van der Waals surface area contributed by atoms with Crippen LogP contribution in [0, 0.1) is 0 Å². The standard InChI is InChI=1S/C18H21ClN2O3/c1-13(22)15-4-3-5-17(8-15)24-12-16(23)11-21(2)10-14-6-7-18(19)20-9-14/h3-9,16,23H,10-12H2,1-2H3. The number of hydrogen-bond acceptors (Lipinski definition) is 5. The summed E-state index contributed by atoms with van der Waals surface area (Å²) in [5, 5.41) is 10.6. The molecule has 1 aromatic heterocycles. The summed E-state index contributed by atoms with van der Waals surface area (Å²) in [6, 6.07) is 10.6. The molecule has 1 unspecified atom stereocenters. The molecule has 0 spiro atoms. The third-order valence-corrected chi connectivity index (χ3v) is 3.67. The first kappa shape index (κ1) is 18.4. The van der Waals surface area contributed by atoms with Gasteiger partial charge in [0.2, 0.25) is 0 Å². The number of aromatic nitrogens is 1. The number of ether oxygens (including phenoxy) is 1. The third-order valence-electron chi connectivity index (χ3n) is 3.45. The Bertz CT molecular complexity index is 676. The van der Waals surface area contributed by atoms with Crippen LogP contribution < -0.4 is 4.74 Å². The van der Waals surface area contributed by atoms with Gasteiger partial charge in [0, 0.05) is 24.8 Å². The molecule has 1 heterocycles. The molecule has 0 fully saturated rings. The topological polar surface area (TPSA) is 62.7 Å². The number of carbonyl (C=O) groups excluding carboxylic acids is 1. The Morgan fingerprint density at radius 3 is 2.83 bits per heavy atom. The molecule has 0 aliphatic heterocycles. The number of aliphatic hydroxyl groups excluding tert-OH is 1. The third kappa shape index (κ3) is 5.92. The minimum Gasteiger partial charge on any atom is -0.491 e. The smallest absolute Gasteiger partial charge is 0.159 e. The van der Waals surface area contributed by atoms with Crippen molar-refractivity contribution in [2.75, 3.05) is 20.2 Å². The van der Waals surface area contributed by atoms with Crippen LogP contribution in [0.1, 0.15) is 22.8 Å². The number of hydrogen-bond donors (Lipinski definition) is 1. The molecule has 1 atom stereocenters. The van der Waals surface area contributed by atoms with E-state index >= 15 is 0 Å². The van der Waals surface area contributed by atoms with E-state index < -0.39 is 6.10 Å². The lowest BCUT2D eigenvalue weighted by molar-refractivity contribution is 0.0743. The molecule has 128 valence electrons. The maximum atomic E-state index is 11.4.